The minimum Gasteiger partial charge on any atom is -0.478 e. The van der Waals surface area contributed by atoms with Crippen molar-refractivity contribution in [3.8, 4) is 0 Å². The van der Waals surface area contributed by atoms with Gasteiger partial charge in [-0.1, -0.05) is 121 Å². The van der Waals surface area contributed by atoms with Crippen LogP contribution >= 0.6 is 0 Å². The number of hydrogen-bond acceptors (Lipinski definition) is 24. The number of fused-ring (bicyclic) bond motifs is 34. The van der Waals surface area contributed by atoms with Gasteiger partial charge in [-0.15, -0.1) is 0 Å². The Hall–Kier alpha value is -19.4. The number of hydrogen-bond donors (Lipinski definition) is 12. The number of alkyl halides is 6. The van der Waals surface area contributed by atoms with Crippen molar-refractivity contribution in [2.45, 2.75) is 49.4 Å². The van der Waals surface area contributed by atoms with Crippen LogP contribution in [-0.2, 0) is 10.8 Å². The second-order valence-electron chi connectivity index (χ2n) is 34.6. The van der Waals surface area contributed by atoms with Gasteiger partial charge in [0.25, 0.3) is 23.6 Å². The topological polar surface area (TPSA) is 494 Å². The third-order valence-corrected chi connectivity index (χ3v) is 26.4. The number of aromatic carboxylic acids is 4. The van der Waals surface area contributed by atoms with Gasteiger partial charge in [-0.05, 0) is 157 Å². The van der Waals surface area contributed by atoms with Gasteiger partial charge in [0, 0.05) is 139 Å². The summed E-state index contributed by atoms with van der Waals surface area (Å²) in [5, 5.41) is 59.0. The number of H-pyrrole nitrogens is 2. The van der Waals surface area contributed by atoms with Crippen molar-refractivity contribution >= 4 is 150 Å². The molecule has 10 heterocycles. The number of benzene rings is 12. The molecular formula is C106H72F6N22O12. The Morgan fingerprint density at radius 1 is 0.267 bits per heavy atom. The zero-order valence-electron chi connectivity index (χ0n) is 76.8. The van der Waals surface area contributed by atoms with Gasteiger partial charge in [0.2, 0.25) is 0 Å². The van der Waals surface area contributed by atoms with Gasteiger partial charge in [-0.2, -0.15) is 26.3 Å². The minimum atomic E-state index is -5.12. The number of carboxylic acids is 4. The smallest absolute Gasteiger partial charge is 0.402 e. The normalized spacial score (nSPS) is 15.9. The molecule has 8 aliphatic rings. The van der Waals surface area contributed by atoms with Crippen molar-refractivity contribution in [3.05, 3.63) is 398 Å². The van der Waals surface area contributed by atoms with E-state index in [1.807, 2.05) is 148 Å². The number of amidine groups is 10. The number of nitrogens with one attached hydrogen (secondary N) is 8. The van der Waals surface area contributed by atoms with E-state index in [-0.39, 0.29) is 34.7 Å². The lowest BCUT2D eigenvalue weighted by atomic mass is 9.74. The number of rotatable bonds is 16. The molecule has 4 unspecified atom stereocenters. The third-order valence-electron chi connectivity index (χ3n) is 26.4. The standard InChI is InChI=1S/2C53H36F3N11O6/c1-52(53(54,55)56,24-13-17-35(50(70)71)38(20-24)48(68)58-3)25-12-16-34(39(21-25)51(72)73)49(69)59-27-15-19-33-37(23-27)47-65-43-31-11-7-5-9-29(31)40(61-43)62-44-32-18-14-26(57-2)22-36(32)46(66-44)64-42-30-10-6-4-8-28(30)41(60-42)63-45(33)67-47;1-52(53(54,55)56,24-12-16-34(50(70)71)38(20-24)48(68)58-3)25-13-17-35(51(72)73)39(21-25)49(69)59-27-15-19-33-37(23-27)47-65-43-31-11-7-5-9-29(31)40(61-43)62-44-32-18-14-26(57-2)22-36(32)46(66-44)64-42-30-10-6-4-8-28(30)41(60-42)63-45(33)67-47/h2*4-23,41,57H,1-3H3,(H,58,68)(H,59,69)(H,70,71)(H,72,73)(H,60,61,62,63,64,65,66,67). The summed E-state index contributed by atoms with van der Waals surface area (Å²) < 4.78 is 92.1. The highest BCUT2D eigenvalue weighted by Crippen LogP contribution is 2.50. The van der Waals surface area contributed by atoms with Crippen LogP contribution in [0.4, 0.5) is 49.1 Å². The summed E-state index contributed by atoms with van der Waals surface area (Å²) in [5.41, 5.74) is -1.41. The lowest BCUT2D eigenvalue weighted by Crippen LogP contribution is -2.41. The average Bonchev–Trinajstić information content (AvgIpc) is 1.12. The minimum absolute atomic E-state index is 0.0992. The van der Waals surface area contributed by atoms with Gasteiger partial charge in [0.1, 0.15) is 32.8 Å². The second-order valence-corrected chi connectivity index (χ2v) is 34.6. The van der Waals surface area contributed by atoms with E-state index in [9.17, 15) is 58.8 Å². The molecule has 0 aliphatic carbocycles. The van der Waals surface area contributed by atoms with Gasteiger partial charge in [-0.3, -0.25) is 19.2 Å². The van der Waals surface area contributed by atoms with Crippen LogP contribution in [-0.4, -0.2) is 177 Å². The summed E-state index contributed by atoms with van der Waals surface area (Å²) in [6, 6.07) is 61.6. The molecule has 4 atom stereocenters. The van der Waals surface area contributed by atoms with Gasteiger partial charge in [0.05, 0.1) is 44.5 Å². The number of aliphatic imine (C=N–C) groups is 10. The molecule has 0 radical (unpaired) electrons. The molecule has 40 heteroatoms. The molecule has 22 rings (SSSR count). The van der Waals surface area contributed by atoms with E-state index in [0.717, 1.165) is 153 Å². The van der Waals surface area contributed by atoms with Gasteiger partial charge in [-0.25, -0.2) is 89.1 Å². The molecule has 34 nitrogen and oxygen atoms in total. The van der Waals surface area contributed by atoms with Crippen molar-refractivity contribution in [2.75, 3.05) is 49.5 Å². The highest BCUT2D eigenvalue weighted by atomic mass is 19.4. The largest absolute Gasteiger partial charge is 0.478 e. The number of amides is 4. The van der Waals surface area contributed by atoms with Crippen LogP contribution in [0.3, 0.4) is 0 Å². The zero-order chi connectivity index (χ0) is 102. The summed E-state index contributed by atoms with van der Waals surface area (Å²) in [6.45, 7) is 1.56. The lowest BCUT2D eigenvalue weighted by molar-refractivity contribution is -0.173. The summed E-state index contributed by atoms with van der Waals surface area (Å²) in [6.07, 6.45) is -11.8. The van der Waals surface area contributed by atoms with Gasteiger partial charge < -0.3 is 62.3 Å². The maximum atomic E-state index is 15.4. The van der Waals surface area contributed by atoms with E-state index in [2.05, 4.69) is 41.9 Å². The lowest BCUT2D eigenvalue weighted by Gasteiger charge is -2.34. The van der Waals surface area contributed by atoms with Crippen LogP contribution in [0.5, 0.6) is 0 Å². The van der Waals surface area contributed by atoms with Gasteiger partial charge >= 0.3 is 36.2 Å². The molecule has 4 amide bonds. The maximum Gasteiger partial charge on any atom is 0.402 e. The Morgan fingerprint density at radius 3 is 0.849 bits per heavy atom. The number of carboxylic acid groups (broad SMARTS) is 4. The van der Waals surface area contributed by atoms with Crippen LogP contribution in [0.2, 0.25) is 0 Å². The fraction of sp³-hybridized carbons (Fsp3) is 0.113. The van der Waals surface area contributed by atoms with E-state index in [1.54, 1.807) is 30.3 Å². The Balaban J connectivity index is 0.000000172. The fourth-order valence-electron chi connectivity index (χ4n) is 18.6. The molecule has 12 aromatic carbocycles. The second kappa shape index (κ2) is 35.4. The molecule has 0 fully saturated rings. The van der Waals surface area contributed by atoms with E-state index >= 15 is 26.3 Å². The van der Waals surface area contributed by atoms with Crippen molar-refractivity contribution in [1.29, 1.82) is 0 Å². The third kappa shape index (κ3) is 15.8. The molecule has 14 aromatic rings. The Kier molecular flexibility index (Phi) is 22.5. The first kappa shape index (κ1) is 92.9. The molecule has 720 valence electrons. The predicted molar refractivity (Wildman–Crippen MR) is 531 cm³/mol. The average molecular weight is 1960 g/mol. The monoisotopic (exact) mass is 1960 g/mol. The molecule has 146 heavy (non-hydrogen) atoms. The quantitative estimate of drug-likeness (QED) is 0.0400. The van der Waals surface area contributed by atoms with Crippen molar-refractivity contribution in [2.24, 2.45) is 69.9 Å². The van der Waals surface area contributed by atoms with Crippen molar-refractivity contribution in [1.82, 2.24) is 20.6 Å². The number of aromatic amines is 2. The summed E-state index contributed by atoms with van der Waals surface area (Å²) in [4.78, 5) is 180. The SMILES string of the molecule is CNC(=O)c1cc(C(C)(c2ccc(C(=O)Nc3ccc4c(c3)C3=NC4=NC4N=C(N=C5N=C(N=c6[nH]c(c7ccccc67)=N3)c3ccc(NC)cc35)c3ccccc34)c(C(=O)O)c2)C(F)(F)F)ccc1C(=O)O.CNC(=O)c1cc(C(C)(c2ccc(C(=O)O)c(C(=O)Nc3ccc4c(c3)C3=NC4=NC4N=C(N=C5N=C(N=c6[nH]c(c7ccccc67)=N3)c3ccc(NC)cc35)c3ccccc34)c2)C(F)(F)F)ccc1C(=O)O. The molecule has 0 spiro atoms. The van der Waals surface area contributed by atoms with E-state index in [4.69, 9.17) is 69.9 Å². The zero-order valence-corrected chi connectivity index (χ0v) is 76.8. The van der Waals surface area contributed by atoms with Crippen LogP contribution in [0, 0.1) is 0 Å². The Labute approximate surface area is 818 Å². The highest BCUT2D eigenvalue weighted by molar-refractivity contribution is 6.29. The Morgan fingerprint density at radius 2 is 0.527 bits per heavy atom. The molecule has 12 N–H and O–H groups in total. The maximum absolute atomic E-state index is 15.4. The summed E-state index contributed by atoms with van der Waals surface area (Å²) in [7, 11) is 6.04. The molecule has 0 saturated carbocycles. The Bertz CT molecular complexity index is 8910. The van der Waals surface area contributed by atoms with Crippen molar-refractivity contribution in [3.63, 3.8) is 0 Å². The van der Waals surface area contributed by atoms with Crippen molar-refractivity contribution < 1.29 is 85.1 Å². The molecule has 0 saturated heterocycles. The van der Waals surface area contributed by atoms with Crippen LogP contribution in [0.25, 0.3) is 21.5 Å². The molecule has 8 aliphatic heterocycles. The summed E-state index contributed by atoms with van der Waals surface area (Å²) >= 11 is 0. The molecule has 16 bridgehead atoms. The molecule has 2 aromatic heterocycles. The number of nitrogens with zero attached hydrogens (tertiary/aromatic N) is 14. The first-order valence-electron chi connectivity index (χ1n) is 44.9. The number of halogens is 6. The number of carbonyl (C=O) groups excluding carboxylic acids is 4. The van der Waals surface area contributed by atoms with E-state index in [0.29, 0.717) is 90.0 Å². The van der Waals surface area contributed by atoms with Crippen LogP contribution in [0.1, 0.15) is 198 Å². The van der Waals surface area contributed by atoms with Crippen LogP contribution < -0.4 is 53.9 Å². The van der Waals surface area contributed by atoms with Gasteiger partial charge in [0.15, 0.2) is 70.7 Å². The highest BCUT2D eigenvalue weighted by Gasteiger charge is 2.56. The summed E-state index contributed by atoms with van der Waals surface area (Å²) in [5.74, 6) is -7.06. The number of aromatic nitrogens is 2. The van der Waals surface area contributed by atoms with Crippen LogP contribution in [0.15, 0.2) is 313 Å². The first-order valence-corrected chi connectivity index (χ1v) is 44.9. The first-order chi connectivity index (χ1) is 70.1. The van der Waals surface area contributed by atoms with E-state index in [1.165, 1.54) is 20.2 Å². The predicted octanol–water partition coefficient (Wildman–Crippen LogP) is 14.4. The molecular weight excluding hydrogens is 1890 g/mol. The number of anilines is 4. The number of carbonyl (C=O) groups is 8. The fourth-order valence-corrected chi connectivity index (χ4v) is 18.6. The van der Waals surface area contributed by atoms with E-state index < -0.39 is 150 Å².